The molecule has 0 atom stereocenters. The maximum atomic E-state index is 12.2. The van der Waals surface area contributed by atoms with Crippen LogP contribution in [-0.4, -0.2) is 31.8 Å². The molecule has 28 heavy (non-hydrogen) atoms. The lowest BCUT2D eigenvalue weighted by Crippen LogP contribution is -2.30. The first kappa shape index (κ1) is 18.9. The van der Waals surface area contributed by atoms with Gasteiger partial charge in [0.1, 0.15) is 6.33 Å². The van der Waals surface area contributed by atoms with Gasteiger partial charge >= 0.3 is 5.69 Å². The highest BCUT2D eigenvalue weighted by Crippen LogP contribution is 2.31. The van der Waals surface area contributed by atoms with Gasteiger partial charge in [-0.2, -0.15) is 0 Å². The van der Waals surface area contributed by atoms with Crippen LogP contribution in [0, 0.1) is 20.2 Å². The number of hydrogen-bond donors (Lipinski definition) is 3. The molecule has 1 aromatic heterocycles. The van der Waals surface area contributed by atoms with Crippen molar-refractivity contribution in [1.29, 1.82) is 0 Å². The molecule has 0 saturated heterocycles. The average Bonchev–Trinajstić information content (AvgIpc) is 3.19. The summed E-state index contributed by atoms with van der Waals surface area (Å²) in [5.41, 5.74) is 4.04. The van der Waals surface area contributed by atoms with Crippen molar-refractivity contribution in [2.24, 2.45) is 0 Å². The largest absolute Gasteiger partial charge is 0.361 e. The number of hydrazine groups is 1. The fourth-order valence-corrected chi connectivity index (χ4v) is 2.96. The van der Waals surface area contributed by atoms with Gasteiger partial charge in [0.2, 0.25) is 11.6 Å². The standard InChI is InChI=1S/C16H17N7O5/c24-16(10-4-3-7-12(8-10)22(25)26)21-20-15-13(23(27)28)14(17-9-18-15)19-11-5-1-2-6-11/h3-4,7-9,11H,1-2,5-6H2,(H,21,24)(H2,17,18,19,20). The summed E-state index contributed by atoms with van der Waals surface area (Å²) in [4.78, 5) is 41.0. The molecule has 1 fully saturated rings. The number of hydrogen-bond acceptors (Lipinski definition) is 9. The Morgan fingerprint density at radius 1 is 1.07 bits per heavy atom. The minimum atomic E-state index is -0.707. The molecule has 1 saturated carbocycles. The quantitative estimate of drug-likeness (QED) is 0.477. The normalized spacial score (nSPS) is 13.7. The summed E-state index contributed by atoms with van der Waals surface area (Å²) in [5.74, 6) is -0.833. The van der Waals surface area contributed by atoms with E-state index in [0.717, 1.165) is 38.1 Å². The van der Waals surface area contributed by atoms with E-state index in [1.54, 1.807) is 0 Å². The maximum absolute atomic E-state index is 12.2. The van der Waals surface area contributed by atoms with Gasteiger partial charge in [0.05, 0.1) is 9.85 Å². The molecule has 146 valence electrons. The molecule has 3 N–H and O–H groups in total. The second-order valence-electron chi connectivity index (χ2n) is 6.19. The smallest absolute Gasteiger partial charge is 0.354 e. The van der Waals surface area contributed by atoms with Crippen LogP contribution in [0.5, 0.6) is 0 Å². The van der Waals surface area contributed by atoms with E-state index < -0.39 is 21.4 Å². The number of rotatable bonds is 7. The van der Waals surface area contributed by atoms with E-state index in [-0.39, 0.29) is 28.9 Å². The van der Waals surface area contributed by atoms with Gasteiger partial charge in [0.25, 0.3) is 11.6 Å². The van der Waals surface area contributed by atoms with Gasteiger partial charge in [-0.15, -0.1) is 0 Å². The fourth-order valence-electron chi connectivity index (χ4n) is 2.96. The molecule has 0 aliphatic heterocycles. The number of nitrogens with one attached hydrogen (secondary N) is 3. The number of anilines is 2. The number of nitro groups is 2. The maximum Gasteiger partial charge on any atom is 0.354 e. The van der Waals surface area contributed by atoms with Crippen molar-refractivity contribution in [2.75, 3.05) is 10.7 Å². The summed E-state index contributed by atoms with van der Waals surface area (Å²) < 4.78 is 0. The fraction of sp³-hybridized carbons (Fsp3) is 0.312. The van der Waals surface area contributed by atoms with Gasteiger partial charge in [0.15, 0.2) is 0 Å². The second kappa shape index (κ2) is 8.24. The third-order valence-electron chi connectivity index (χ3n) is 4.31. The van der Waals surface area contributed by atoms with Crippen LogP contribution in [0.25, 0.3) is 0 Å². The van der Waals surface area contributed by atoms with Gasteiger partial charge in [-0.05, 0) is 18.9 Å². The molecule has 0 spiro atoms. The summed E-state index contributed by atoms with van der Waals surface area (Å²) in [6.45, 7) is 0. The molecule has 3 rings (SSSR count). The first-order valence-corrected chi connectivity index (χ1v) is 8.52. The minimum Gasteiger partial charge on any atom is -0.361 e. The molecule has 1 heterocycles. The molecule has 0 radical (unpaired) electrons. The van der Waals surface area contributed by atoms with Crippen molar-refractivity contribution in [3.8, 4) is 0 Å². The average molecular weight is 387 g/mol. The Hall–Kier alpha value is -3.83. The molecule has 1 aliphatic rings. The lowest BCUT2D eigenvalue weighted by Gasteiger charge is -2.14. The number of amides is 1. The zero-order chi connectivity index (χ0) is 20.1. The van der Waals surface area contributed by atoms with Gasteiger partial charge in [0, 0.05) is 23.7 Å². The zero-order valence-corrected chi connectivity index (χ0v) is 14.6. The van der Waals surface area contributed by atoms with Crippen LogP contribution in [0.3, 0.4) is 0 Å². The molecular weight excluding hydrogens is 370 g/mol. The van der Waals surface area contributed by atoms with Crippen LogP contribution in [0.4, 0.5) is 23.0 Å². The van der Waals surface area contributed by atoms with Crippen molar-refractivity contribution in [3.63, 3.8) is 0 Å². The monoisotopic (exact) mass is 387 g/mol. The van der Waals surface area contributed by atoms with Crippen molar-refractivity contribution >= 4 is 28.9 Å². The van der Waals surface area contributed by atoms with E-state index in [1.165, 1.54) is 18.2 Å². The van der Waals surface area contributed by atoms with Crippen molar-refractivity contribution in [1.82, 2.24) is 15.4 Å². The number of nitro benzene ring substituents is 1. The number of nitrogens with zero attached hydrogens (tertiary/aromatic N) is 4. The number of aromatic nitrogens is 2. The molecule has 0 unspecified atom stereocenters. The van der Waals surface area contributed by atoms with Gasteiger partial charge in [-0.25, -0.2) is 9.97 Å². The molecule has 1 amide bonds. The summed E-state index contributed by atoms with van der Waals surface area (Å²) in [6, 6.07) is 5.19. The van der Waals surface area contributed by atoms with Crippen LogP contribution in [0.2, 0.25) is 0 Å². The first-order chi connectivity index (χ1) is 13.5. The Morgan fingerprint density at radius 3 is 2.46 bits per heavy atom. The minimum absolute atomic E-state index is 0.0164. The van der Waals surface area contributed by atoms with Gasteiger partial charge < -0.3 is 5.32 Å². The number of benzene rings is 1. The van der Waals surface area contributed by atoms with Crippen molar-refractivity contribution in [3.05, 3.63) is 56.4 Å². The SMILES string of the molecule is O=C(NNc1ncnc(NC2CCCC2)c1[N+](=O)[O-])c1cccc([N+](=O)[O-])c1. The Kier molecular flexibility index (Phi) is 5.58. The molecule has 2 aromatic rings. The Bertz CT molecular complexity index is 914. The molecule has 1 aliphatic carbocycles. The third kappa shape index (κ3) is 4.28. The van der Waals surface area contributed by atoms with Crippen LogP contribution < -0.4 is 16.2 Å². The molecule has 0 bridgehead atoms. The van der Waals surface area contributed by atoms with Crippen molar-refractivity contribution in [2.45, 2.75) is 31.7 Å². The van der Waals surface area contributed by atoms with E-state index in [1.807, 2.05) is 0 Å². The van der Waals surface area contributed by atoms with E-state index in [2.05, 4.69) is 26.1 Å². The first-order valence-electron chi connectivity index (χ1n) is 8.52. The van der Waals surface area contributed by atoms with Gasteiger partial charge in [-0.3, -0.25) is 35.9 Å². The highest BCUT2D eigenvalue weighted by atomic mass is 16.6. The topological polar surface area (TPSA) is 165 Å². The second-order valence-corrected chi connectivity index (χ2v) is 6.19. The molecular formula is C16H17N7O5. The van der Waals surface area contributed by atoms with Gasteiger partial charge in [-0.1, -0.05) is 18.9 Å². The predicted molar refractivity (Wildman–Crippen MR) is 98.8 cm³/mol. The van der Waals surface area contributed by atoms with Crippen LogP contribution in [0.15, 0.2) is 30.6 Å². The summed E-state index contributed by atoms with van der Waals surface area (Å²) in [7, 11) is 0. The zero-order valence-electron chi connectivity index (χ0n) is 14.6. The lowest BCUT2D eigenvalue weighted by atomic mass is 10.2. The highest BCUT2D eigenvalue weighted by Gasteiger charge is 2.26. The number of carbonyl (C=O) groups is 1. The summed E-state index contributed by atoms with van der Waals surface area (Å²) >= 11 is 0. The number of carbonyl (C=O) groups excluding carboxylic acids is 1. The third-order valence-corrected chi connectivity index (χ3v) is 4.31. The van der Waals surface area contributed by atoms with Crippen LogP contribution >= 0.6 is 0 Å². The Labute approximate surface area is 158 Å². The van der Waals surface area contributed by atoms with E-state index in [9.17, 15) is 25.0 Å². The summed E-state index contributed by atoms with van der Waals surface area (Å²) in [5, 5.41) is 25.4. The predicted octanol–water partition coefficient (Wildman–Crippen LogP) is 2.40. The molecule has 1 aromatic carbocycles. The summed E-state index contributed by atoms with van der Waals surface area (Å²) in [6.07, 6.45) is 5.02. The molecule has 12 heteroatoms. The Balaban J connectivity index is 1.76. The lowest BCUT2D eigenvalue weighted by molar-refractivity contribution is -0.384. The van der Waals surface area contributed by atoms with E-state index in [4.69, 9.17) is 0 Å². The van der Waals surface area contributed by atoms with Crippen LogP contribution in [-0.2, 0) is 0 Å². The molecule has 12 nitrogen and oxygen atoms in total. The van der Waals surface area contributed by atoms with E-state index >= 15 is 0 Å². The van der Waals surface area contributed by atoms with Crippen LogP contribution in [0.1, 0.15) is 36.0 Å². The Morgan fingerprint density at radius 2 is 1.79 bits per heavy atom. The number of non-ortho nitro benzene ring substituents is 1. The highest BCUT2D eigenvalue weighted by molar-refractivity contribution is 5.95. The van der Waals surface area contributed by atoms with Crippen molar-refractivity contribution < 1.29 is 14.6 Å². The van der Waals surface area contributed by atoms with E-state index in [0.29, 0.717) is 0 Å².